The Balaban J connectivity index is 0.00000109. The first-order valence-corrected chi connectivity index (χ1v) is 8.58. The summed E-state index contributed by atoms with van der Waals surface area (Å²) in [4.78, 5) is 15.6. The van der Waals surface area contributed by atoms with Crippen molar-refractivity contribution >= 4 is 16.7 Å². The maximum atomic E-state index is 9.21. The number of anilines is 1. The van der Waals surface area contributed by atoms with Gasteiger partial charge in [-0.15, -0.1) is 0 Å². The molecule has 0 spiro atoms. The second-order valence-electron chi connectivity index (χ2n) is 5.55. The minimum absolute atomic E-state index is 0.466. The number of hydrogen-bond acceptors (Lipinski definition) is 7. The van der Waals surface area contributed by atoms with Crippen LogP contribution in [0, 0.1) is 25.2 Å². The highest BCUT2D eigenvalue weighted by atomic mass is 16.5. The number of nitrogens with zero attached hydrogens (tertiary/aromatic N) is 5. The van der Waals surface area contributed by atoms with Crippen LogP contribution < -0.4 is 9.64 Å². The number of aromatic nitrogens is 3. The van der Waals surface area contributed by atoms with Gasteiger partial charge in [-0.25, -0.2) is 15.0 Å². The van der Waals surface area contributed by atoms with Gasteiger partial charge in [0.15, 0.2) is 6.10 Å². The van der Waals surface area contributed by atoms with Gasteiger partial charge in [0.2, 0.25) is 5.88 Å². The third kappa shape index (κ3) is 4.15. The molecule has 7 heteroatoms. The summed E-state index contributed by atoms with van der Waals surface area (Å²) in [6, 6.07) is 4.11. The molecular weight excluding hydrogens is 318 g/mol. The number of rotatable bonds is 2. The molecule has 0 aliphatic carbocycles. The maximum absolute atomic E-state index is 9.21. The zero-order valence-corrected chi connectivity index (χ0v) is 15.5. The summed E-state index contributed by atoms with van der Waals surface area (Å²) < 4.78 is 11.0. The fourth-order valence-corrected chi connectivity index (χ4v) is 2.81. The lowest BCUT2D eigenvalue weighted by atomic mass is 10.2. The van der Waals surface area contributed by atoms with Crippen LogP contribution in [0.15, 0.2) is 6.07 Å². The summed E-state index contributed by atoms with van der Waals surface area (Å²) in [5.41, 5.74) is 1.64. The average molecular weight is 343 g/mol. The van der Waals surface area contributed by atoms with E-state index >= 15 is 0 Å². The van der Waals surface area contributed by atoms with Crippen molar-refractivity contribution in [2.75, 3.05) is 31.7 Å². The Kier molecular flexibility index (Phi) is 6.48. The predicted molar refractivity (Wildman–Crippen MR) is 96.9 cm³/mol. The van der Waals surface area contributed by atoms with E-state index in [1.165, 1.54) is 0 Å². The SMILES string of the molecule is CC.COc1nc(C)cc2nc(C)nc(N3CCCOC(C#N)C3)c12. The third-order valence-electron chi connectivity index (χ3n) is 3.78. The first kappa shape index (κ1) is 18.9. The molecule has 1 saturated heterocycles. The summed E-state index contributed by atoms with van der Waals surface area (Å²) in [5.74, 6) is 1.94. The second-order valence-corrected chi connectivity index (χ2v) is 5.55. The zero-order chi connectivity index (χ0) is 18.4. The molecule has 0 bridgehead atoms. The lowest BCUT2D eigenvalue weighted by molar-refractivity contribution is 0.106. The van der Waals surface area contributed by atoms with Crippen molar-refractivity contribution < 1.29 is 9.47 Å². The van der Waals surface area contributed by atoms with Crippen molar-refractivity contribution in [1.82, 2.24) is 15.0 Å². The number of methoxy groups -OCH3 is 1. The van der Waals surface area contributed by atoms with Gasteiger partial charge < -0.3 is 14.4 Å². The lowest BCUT2D eigenvalue weighted by Gasteiger charge is -2.24. The summed E-state index contributed by atoms with van der Waals surface area (Å²) >= 11 is 0. The van der Waals surface area contributed by atoms with E-state index in [1.54, 1.807) is 7.11 Å². The van der Waals surface area contributed by atoms with Crippen LogP contribution in [0.5, 0.6) is 5.88 Å². The lowest BCUT2D eigenvalue weighted by Crippen LogP contribution is -2.32. The molecule has 1 aliphatic heterocycles. The van der Waals surface area contributed by atoms with Crippen molar-refractivity contribution in [3.05, 3.63) is 17.6 Å². The summed E-state index contributed by atoms with van der Waals surface area (Å²) in [6.45, 7) is 9.58. The third-order valence-corrected chi connectivity index (χ3v) is 3.78. The van der Waals surface area contributed by atoms with Crippen LogP contribution in [0.3, 0.4) is 0 Å². The molecule has 0 N–H and O–H groups in total. The van der Waals surface area contributed by atoms with Crippen LogP contribution in [0.1, 0.15) is 31.8 Å². The van der Waals surface area contributed by atoms with Crippen molar-refractivity contribution in [2.45, 2.75) is 40.2 Å². The number of pyridine rings is 1. The molecule has 1 aliphatic rings. The van der Waals surface area contributed by atoms with Crippen LogP contribution in [0.2, 0.25) is 0 Å². The first-order chi connectivity index (χ1) is 12.1. The van der Waals surface area contributed by atoms with E-state index in [0.29, 0.717) is 24.9 Å². The summed E-state index contributed by atoms with van der Waals surface area (Å²) in [7, 11) is 1.59. The number of nitriles is 1. The van der Waals surface area contributed by atoms with Crippen molar-refractivity contribution in [2.24, 2.45) is 0 Å². The van der Waals surface area contributed by atoms with Gasteiger partial charge in [0.05, 0.1) is 31.8 Å². The number of hydrogen-bond donors (Lipinski definition) is 0. The normalized spacial score (nSPS) is 17.3. The highest BCUT2D eigenvalue weighted by Crippen LogP contribution is 2.32. The Morgan fingerprint density at radius 3 is 2.72 bits per heavy atom. The van der Waals surface area contributed by atoms with Crippen molar-refractivity contribution in [1.29, 1.82) is 5.26 Å². The highest BCUT2D eigenvalue weighted by molar-refractivity contribution is 5.94. The Hall–Kier alpha value is -2.46. The number of aryl methyl sites for hydroxylation is 2. The Morgan fingerprint density at radius 1 is 1.28 bits per heavy atom. The average Bonchev–Trinajstić information content (AvgIpc) is 2.87. The quantitative estimate of drug-likeness (QED) is 0.829. The predicted octanol–water partition coefficient (Wildman–Crippen LogP) is 2.80. The Bertz CT molecular complexity index is 767. The maximum Gasteiger partial charge on any atom is 0.226 e. The molecule has 1 fully saturated rings. The standard InChI is InChI=1S/C16H19N5O2.C2H6/c1-10-7-13-14(16(18-10)22-3)15(20-11(2)19-13)21-5-4-6-23-12(8-17)9-21;1-2/h7,12H,4-6,9H2,1-3H3;1-2H3. The van der Waals surface area contributed by atoms with Gasteiger partial charge >= 0.3 is 0 Å². The molecule has 1 atom stereocenters. The van der Waals surface area contributed by atoms with E-state index in [1.807, 2.05) is 33.8 Å². The van der Waals surface area contributed by atoms with Crippen LogP contribution in [-0.4, -0.2) is 47.9 Å². The van der Waals surface area contributed by atoms with Gasteiger partial charge in [0, 0.05) is 12.2 Å². The van der Waals surface area contributed by atoms with Gasteiger partial charge in [-0.05, 0) is 26.3 Å². The molecule has 0 amide bonds. The van der Waals surface area contributed by atoms with E-state index in [4.69, 9.17) is 9.47 Å². The molecule has 0 saturated carbocycles. The van der Waals surface area contributed by atoms with Crippen LogP contribution >= 0.6 is 0 Å². The second kappa shape index (κ2) is 8.58. The van der Waals surface area contributed by atoms with Gasteiger partial charge in [-0.1, -0.05) is 13.8 Å². The largest absolute Gasteiger partial charge is 0.480 e. The monoisotopic (exact) mass is 343 g/mol. The van der Waals surface area contributed by atoms with Crippen LogP contribution in [-0.2, 0) is 4.74 Å². The fourth-order valence-electron chi connectivity index (χ4n) is 2.81. The van der Waals surface area contributed by atoms with E-state index in [0.717, 1.165) is 35.4 Å². The number of ether oxygens (including phenoxy) is 2. The van der Waals surface area contributed by atoms with E-state index in [9.17, 15) is 5.26 Å². The van der Waals surface area contributed by atoms with Gasteiger partial charge in [-0.3, -0.25) is 0 Å². The van der Waals surface area contributed by atoms with E-state index < -0.39 is 6.10 Å². The van der Waals surface area contributed by atoms with Gasteiger partial charge in [-0.2, -0.15) is 5.26 Å². The molecule has 25 heavy (non-hydrogen) atoms. The fraction of sp³-hybridized carbons (Fsp3) is 0.556. The molecule has 0 aromatic carbocycles. The number of fused-ring (bicyclic) bond motifs is 1. The minimum Gasteiger partial charge on any atom is -0.480 e. The molecular formula is C18H25N5O2. The molecule has 2 aromatic rings. The zero-order valence-electron chi connectivity index (χ0n) is 15.5. The van der Waals surface area contributed by atoms with E-state index in [-0.39, 0.29) is 0 Å². The highest BCUT2D eigenvalue weighted by Gasteiger charge is 2.23. The summed E-state index contributed by atoms with van der Waals surface area (Å²) in [6.07, 6.45) is 0.372. The van der Waals surface area contributed by atoms with E-state index in [2.05, 4.69) is 25.9 Å². The van der Waals surface area contributed by atoms with Crippen molar-refractivity contribution in [3.63, 3.8) is 0 Å². The van der Waals surface area contributed by atoms with Crippen LogP contribution in [0.25, 0.3) is 10.9 Å². The molecule has 2 aromatic heterocycles. The van der Waals surface area contributed by atoms with Gasteiger partial charge in [0.1, 0.15) is 17.0 Å². The molecule has 7 nitrogen and oxygen atoms in total. The molecule has 1 unspecified atom stereocenters. The first-order valence-electron chi connectivity index (χ1n) is 8.58. The topological polar surface area (TPSA) is 84.2 Å². The molecule has 0 radical (unpaired) electrons. The molecule has 3 heterocycles. The molecule has 3 rings (SSSR count). The Morgan fingerprint density at radius 2 is 2.04 bits per heavy atom. The Labute approximate surface area is 148 Å². The minimum atomic E-state index is -0.466. The van der Waals surface area contributed by atoms with Gasteiger partial charge in [0.25, 0.3) is 0 Å². The summed E-state index contributed by atoms with van der Waals surface area (Å²) in [5, 5.41) is 9.99. The molecule has 134 valence electrons. The van der Waals surface area contributed by atoms with Crippen molar-refractivity contribution in [3.8, 4) is 11.9 Å². The van der Waals surface area contributed by atoms with Crippen LogP contribution in [0.4, 0.5) is 5.82 Å². The smallest absolute Gasteiger partial charge is 0.226 e.